The average Bonchev–Trinajstić information content (AvgIpc) is 3.47. The second-order valence-electron chi connectivity index (χ2n) is 7.74. The SMILES string of the molecule is Cc1ccccc1NC(=O)CCS(=O)(=O)c1ccc2c(c1)CCN2C(=O)C1CC1. The van der Waals surface area contributed by atoms with Crippen molar-refractivity contribution >= 4 is 33.0 Å². The molecule has 0 saturated heterocycles. The molecular formula is C22H24N2O4S. The van der Waals surface area contributed by atoms with Gasteiger partial charge < -0.3 is 10.2 Å². The van der Waals surface area contributed by atoms with Crippen LogP contribution in [0.4, 0.5) is 11.4 Å². The molecule has 1 aliphatic carbocycles. The fourth-order valence-corrected chi connectivity index (χ4v) is 4.91. The highest BCUT2D eigenvalue weighted by atomic mass is 32.2. The van der Waals surface area contributed by atoms with E-state index in [0.717, 1.165) is 29.7 Å². The second-order valence-corrected chi connectivity index (χ2v) is 9.85. The standard InChI is InChI=1S/C22H24N2O4S/c1-15-4-2-3-5-19(15)23-21(25)11-13-29(27,28)18-8-9-20-17(14-18)10-12-24(20)22(26)16-6-7-16/h2-5,8-9,14,16H,6-7,10-13H2,1H3,(H,23,25). The molecule has 2 aromatic carbocycles. The average molecular weight is 413 g/mol. The van der Waals surface area contributed by atoms with Crippen LogP contribution in [0.1, 0.15) is 30.4 Å². The van der Waals surface area contributed by atoms with Gasteiger partial charge in [0.1, 0.15) is 0 Å². The van der Waals surface area contributed by atoms with Crippen LogP contribution < -0.4 is 10.2 Å². The summed E-state index contributed by atoms with van der Waals surface area (Å²) in [7, 11) is -3.59. The van der Waals surface area contributed by atoms with Crippen molar-refractivity contribution in [3.8, 4) is 0 Å². The van der Waals surface area contributed by atoms with Gasteiger partial charge in [0.15, 0.2) is 9.84 Å². The van der Waals surface area contributed by atoms with Crippen molar-refractivity contribution in [2.75, 3.05) is 22.5 Å². The van der Waals surface area contributed by atoms with Crippen LogP contribution in [0, 0.1) is 12.8 Å². The maximum atomic E-state index is 12.7. The van der Waals surface area contributed by atoms with E-state index in [1.165, 1.54) is 0 Å². The first-order valence-corrected chi connectivity index (χ1v) is 11.5. The minimum atomic E-state index is -3.59. The molecule has 29 heavy (non-hydrogen) atoms. The fraction of sp³-hybridized carbons (Fsp3) is 0.364. The van der Waals surface area contributed by atoms with E-state index in [2.05, 4.69) is 5.32 Å². The number of carbonyl (C=O) groups excluding carboxylic acids is 2. The summed E-state index contributed by atoms with van der Waals surface area (Å²) in [5.74, 6) is -0.303. The smallest absolute Gasteiger partial charge is 0.230 e. The third kappa shape index (κ3) is 4.19. The molecule has 1 aliphatic heterocycles. The molecule has 0 unspecified atom stereocenters. The number of benzene rings is 2. The van der Waals surface area contributed by atoms with Crippen molar-refractivity contribution in [2.45, 2.75) is 37.5 Å². The monoisotopic (exact) mass is 412 g/mol. The predicted octanol–water partition coefficient (Wildman–Crippen LogP) is 3.10. The number of sulfone groups is 1. The van der Waals surface area contributed by atoms with Crippen LogP contribution in [0.2, 0.25) is 0 Å². The maximum absolute atomic E-state index is 12.7. The number of hydrogen-bond acceptors (Lipinski definition) is 4. The third-order valence-corrected chi connectivity index (χ3v) is 7.23. The lowest BCUT2D eigenvalue weighted by atomic mass is 10.2. The predicted molar refractivity (Wildman–Crippen MR) is 112 cm³/mol. The Labute approximate surface area is 170 Å². The summed E-state index contributed by atoms with van der Waals surface area (Å²) < 4.78 is 25.5. The molecule has 1 N–H and O–H groups in total. The van der Waals surface area contributed by atoms with Crippen LogP contribution in [0.15, 0.2) is 47.4 Å². The zero-order valence-electron chi connectivity index (χ0n) is 16.3. The summed E-state index contributed by atoms with van der Waals surface area (Å²) in [5, 5.41) is 2.76. The third-order valence-electron chi connectivity index (χ3n) is 5.52. The molecule has 0 bridgehead atoms. The number of nitrogens with one attached hydrogen (secondary N) is 1. The fourth-order valence-electron chi connectivity index (χ4n) is 3.62. The normalized spacial score (nSPS) is 15.8. The summed E-state index contributed by atoms with van der Waals surface area (Å²) in [6.45, 7) is 2.49. The van der Waals surface area contributed by atoms with Crippen LogP contribution in [0.25, 0.3) is 0 Å². The topological polar surface area (TPSA) is 83.6 Å². The van der Waals surface area contributed by atoms with Crippen molar-refractivity contribution in [1.29, 1.82) is 0 Å². The van der Waals surface area contributed by atoms with Crippen LogP contribution in [0.5, 0.6) is 0 Å². The van der Waals surface area contributed by atoms with Crippen molar-refractivity contribution in [2.24, 2.45) is 5.92 Å². The minimum Gasteiger partial charge on any atom is -0.326 e. The molecule has 152 valence electrons. The lowest BCUT2D eigenvalue weighted by molar-refractivity contribution is -0.119. The molecule has 2 amide bonds. The zero-order valence-corrected chi connectivity index (χ0v) is 17.2. The Bertz CT molecular complexity index is 1070. The molecule has 1 heterocycles. The molecule has 0 radical (unpaired) electrons. The number of rotatable bonds is 6. The van der Waals surface area contributed by atoms with Gasteiger partial charge in [-0.1, -0.05) is 18.2 Å². The lowest BCUT2D eigenvalue weighted by Gasteiger charge is -2.17. The van der Waals surface area contributed by atoms with E-state index in [1.807, 2.05) is 25.1 Å². The Morgan fingerprint density at radius 3 is 2.62 bits per heavy atom. The highest BCUT2D eigenvalue weighted by Gasteiger charge is 2.36. The minimum absolute atomic E-state index is 0.111. The van der Waals surface area contributed by atoms with Gasteiger partial charge in [-0.15, -0.1) is 0 Å². The van der Waals surface area contributed by atoms with Crippen LogP contribution in [-0.2, 0) is 25.8 Å². The van der Waals surface area contributed by atoms with Crippen LogP contribution >= 0.6 is 0 Å². The van der Waals surface area contributed by atoms with Crippen molar-refractivity contribution in [1.82, 2.24) is 0 Å². The Balaban J connectivity index is 1.42. The van der Waals surface area contributed by atoms with E-state index in [0.29, 0.717) is 18.7 Å². The maximum Gasteiger partial charge on any atom is 0.230 e. The first-order valence-electron chi connectivity index (χ1n) is 9.88. The summed E-state index contributed by atoms with van der Waals surface area (Å²) in [6.07, 6.45) is 2.44. The number of nitrogens with zero attached hydrogens (tertiary/aromatic N) is 1. The number of para-hydroxylation sites is 1. The van der Waals surface area contributed by atoms with Gasteiger partial charge >= 0.3 is 0 Å². The second kappa shape index (κ2) is 7.63. The van der Waals surface area contributed by atoms with Crippen molar-refractivity contribution in [3.05, 3.63) is 53.6 Å². The summed E-state index contributed by atoms with van der Waals surface area (Å²) in [5.41, 5.74) is 3.31. The molecule has 1 saturated carbocycles. The van der Waals surface area contributed by atoms with Gasteiger partial charge in [-0.25, -0.2) is 8.42 Å². The number of anilines is 2. The van der Waals surface area contributed by atoms with Crippen molar-refractivity contribution in [3.63, 3.8) is 0 Å². The number of amides is 2. The quantitative estimate of drug-likeness (QED) is 0.790. The Morgan fingerprint density at radius 2 is 1.90 bits per heavy atom. The lowest BCUT2D eigenvalue weighted by Crippen LogP contribution is -2.30. The highest BCUT2D eigenvalue weighted by Crippen LogP contribution is 2.37. The molecule has 6 nitrogen and oxygen atoms in total. The van der Waals surface area contributed by atoms with Gasteiger partial charge in [0.2, 0.25) is 11.8 Å². The largest absolute Gasteiger partial charge is 0.326 e. The molecule has 1 fully saturated rings. The molecule has 0 spiro atoms. The Hall–Kier alpha value is -2.67. The Kier molecular flexibility index (Phi) is 5.17. The zero-order chi connectivity index (χ0) is 20.6. The van der Waals surface area contributed by atoms with E-state index in [4.69, 9.17) is 0 Å². The molecule has 2 aliphatic rings. The number of hydrogen-bond donors (Lipinski definition) is 1. The van der Waals surface area contributed by atoms with Gasteiger partial charge in [-0.2, -0.15) is 0 Å². The molecule has 7 heteroatoms. The highest BCUT2D eigenvalue weighted by molar-refractivity contribution is 7.91. The molecular weight excluding hydrogens is 388 g/mol. The number of aryl methyl sites for hydroxylation is 1. The van der Waals surface area contributed by atoms with Gasteiger partial charge in [-0.3, -0.25) is 9.59 Å². The first-order chi connectivity index (χ1) is 13.8. The molecule has 0 atom stereocenters. The van der Waals surface area contributed by atoms with Gasteiger partial charge in [0, 0.05) is 30.3 Å². The van der Waals surface area contributed by atoms with Gasteiger partial charge in [-0.05, 0) is 61.6 Å². The number of fused-ring (bicyclic) bond motifs is 1. The summed E-state index contributed by atoms with van der Waals surface area (Å²) in [4.78, 5) is 26.6. The van der Waals surface area contributed by atoms with E-state index < -0.39 is 9.84 Å². The van der Waals surface area contributed by atoms with E-state index in [1.54, 1.807) is 29.2 Å². The van der Waals surface area contributed by atoms with E-state index in [9.17, 15) is 18.0 Å². The van der Waals surface area contributed by atoms with Gasteiger partial charge in [0.25, 0.3) is 0 Å². The van der Waals surface area contributed by atoms with Gasteiger partial charge in [0.05, 0.1) is 10.6 Å². The van der Waals surface area contributed by atoms with E-state index in [-0.39, 0.29) is 34.8 Å². The summed E-state index contributed by atoms with van der Waals surface area (Å²) >= 11 is 0. The molecule has 4 rings (SSSR count). The number of carbonyl (C=O) groups is 2. The van der Waals surface area contributed by atoms with Crippen LogP contribution in [-0.4, -0.2) is 32.5 Å². The molecule has 2 aromatic rings. The van der Waals surface area contributed by atoms with Crippen LogP contribution in [0.3, 0.4) is 0 Å². The molecule has 0 aromatic heterocycles. The summed E-state index contributed by atoms with van der Waals surface area (Å²) in [6, 6.07) is 12.3. The van der Waals surface area contributed by atoms with E-state index >= 15 is 0 Å². The first kappa shape index (κ1) is 19.6. The Morgan fingerprint density at radius 1 is 1.14 bits per heavy atom. The van der Waals surface area contributed by atoms with Crippen molar-refractivity contribution < 1.29 is 18.0 Å².